The maximum absolute atomic E-state index is 5.68. The van der Waals surface area contributed by atoms with Crippen molar-refractivity contribution in [3.8, 4) is 0 Å². The summed E-state index contributed by atoms with van der Waals surface area (Å²) in [4.78, 5) is 6.55. The molecule has 0 saturated heterocycles. The first-order valence-electron chi connectivity index (χ1n) is 5.40. The molecule has 0 radical (unpaired) electrons. The molecule has 3 heteroatoms. The number of hydrogen-bond acceptors (Lipinski definition) is 3. The van der Waals surface area contributed by atoms with Gasteiger partial charge in [-0.3, -0.25) is 4.98 Å². The number of hydrogen-bond donors (Lipinski definition) is 1. The Balaban J connectivity index is 3.05. The van der Waals surface area contributed by atoms with Crippen LogP contribution in [0.3, 0.4) is 0 Å². The van der Waals surface area contributed by atoms with Gasteiger partial charge < -0.3 is 10.6 Å². The van der Waals surface area contributed by atoms with E-state index in [-0.39, 0.29) is 5.54 Å². The lowest BCUT2D eigenvalue weighted by Crippen LogP contribution is -2.41. The van der Waals surface area contributed by atoms with Gasteiger partial charge in [-0.15, -0.1) is 0 Å². The Hall–Kier alpha value is -1.09. The van der Waals surface area contributed by atoms with Crippen molar-refractivity contribution in [2.75, 3.05) is 11.9 Å². The van der Waals surface area contributed by atoms with Gasteiger partial charge in [0.2, 0.25) is 0 Å². The van der Waals surface area contributed by atoms with Crippen LogP contribution in [0.2, 0.25) is 0 Å². The molecule has 3 nitrogen and oxygen atoms in total. The minimum Gasteiger partial charge on any atom is -0.368 e. The van der Waals surface area contributed by atoms with Gasteiger partial charge in [0.1, 0.15) is 0 Å². The van der Waals surface area contributed by atoms with E-state index in [0.29, 0.717) is 6.54 Å². The molecule has 0 aliphatic heterocycles. The summed E-state index contributed by atoms with van der Waals surface area (Å²) in [6.45, 7) is 7.12. The fourth-order valence-corrected chi connectivity index (χ4v) is 1.46. The van der Waals surface area contributed by atoms with Gasteiger partial charge in [0.25, 0.3) is 0 Å². The Labute approximate surface area is 92.3 Å². The fraction of sp³-hybridized carbons (Fsp3) is 0.583. The monoisotopic (exact) mass is 207 g/mol. The second-order valence-corrected chi connectivity index (χ2v) is 4.40. The molecule has 0 aliphatic rings. The molecule has 0 fully saturated rings. The van der Waals surface area contributed by atoms with Crippen molar-refractivity contribution in [2.24, 2.45) is 5.73 Å². The van der Waals surface area contributed by atoms with Crippen LogP contribution in [-0.2, 0) is 6.54 Å². The lowest BCUT2D eigenvalue weighted by molar-refractivity contribution is 0.469. The largest absolute Gasteiger partial charge is 0.368 e. The van der Waals surface area contributed by atoms with Crippen LogP contribution in [0.15, 0.2) is 18.3 Å². The lowest BCUT2D eigenvalue weighted by Gasteiger charge is -2.37. The summed E-state index contributed by atoms with van der Waals surface area (Å²) >= 11 is 0. The zero-order valence-electron chi connectivity index (χ0n) is 10.1. The second kappa shape index (κ2) is 4.62. The molecule has 0 amide bonds. The van der Waals surface area contributed by atoms with E-state index in [0.717, 1.165) is 17.8 Å². The maximum atomic E-state index is 5.68. The molecule has 0 aliphatic carbocycles. The normalized spacial score (nSPS) is 11.5. The highest BCUT2D eigenvalue weighted by Crippen LogP contribution is 2.26. The van der Waals surface area contributed by atoms with Crippen LogP contribution in [0.4, 0.5) is 5.69 Å². The number of anilines is 1. The molecule has 1 rings (SSSR count). The van der Waals surface area contributed by atoms with Gasteiger partial charge in [-0.2, -0.15) is 0 Å². The van der Waals surface area contributed by atoms with Gasteiger partial charge in [0, 0.05) is 25.3 Å². The standard InChI is InChI=1S/C12H21N3/c1-5-12(2,3)15(4)11-7-6-8-14-10(11)9-13/h6-8H,5,9,13H2,1-4H3. The first-order chi connectivity index (χ1) is 7.03. The van der Waals surface area contributed by atoms with Crippen molar-refractivity contribution >= 4 is 5.69 Å². The smallest absolute Gasteiger partial charge is 0.0772 e. The average Bonchev–Trinajstić information content (AvgIpc) is 2.28. The van der Waals surface area contributed by atoms with Crippen LogP contribution >= 0.6 is 0 Å². The molecule has 1 aromatic rings. The van der Waals surface area contributed by atoms with Crippen molar-refractivity contribution in [1.82, 2.24) is 4.98 Å². The van der Waals surface area contributed by atoms with E-state index in [2.05, 4.69) is 43.8 Å². The quantitative estimate of drug-likeness (QED) is 0.822. The summed E-state index contributed by atoms with van der Waals surface area (Å²) < 4.78 is 0. The van der Waals surface area contributed by atoms with Crippen LogP contribution in [0.5, 0.6) is 0 Å². The molecule has 2 N–H and O–H groups in total. The third-order valence-corrected chi connectivity index (χ3v) is 3.19. The molecule has 0 atom stereocenters. The molecule has 1 heterocycles. The number of rotatable bonds is 4. The summed E-state index contributed by atoms with van der Waals surface area (Å²) in [5.74, 6) is 0. The van der Waals surface area contributed by atoms with Crippen molar-refractivity contribution < 1.29 is 0 Å². The Morgan fingerprint density at radius 3 is 2.67 bits per heavy atom. The van der Waals surface area contributed by atoms with E-state index in [1.807, 2.05) is 6.07 Å². The molecule has 0 spiro atoms. The molecule has 84 valence electrons. The van der Waals surface area contributed by atoms with E-state index >= 15 is 0 Å². The minimum absolute atomic E-state index is 0.132. The van der Waals surface area contributed by atoms with Gasteiger partial charge in [-0.05, 0) is 32.4 Å². The first kappa shape index (κ1) is 12.0. The summed E-state index contributed by atoms with van der Waals surface area (Å²) in [5.41, 5.74) is 7.91. The van der Waals surface area contributed by atoms with Crippen molar-refractivity contribution in [1.29, 1.82) is 0 Å². The van der Waals surface area contributed by atoms with Gasteiger partial charge in [0.15, 0.2) is 0 Å². The Morgan fingerprint density at radius 2 is 2.13 bits per heavy atom. The third kappa shape index (κ3) is 2.48. The third-order valence-electron chi connectivity index (χ3n) is 3.19. The van der Waals surface area contributed by atoms with Crippen molar-refractivity contribution in [2.45, 2.75) is 39.3 Å². The Kier molecular flexibility index (Phi) is 3.69. The van der Waals surface area contributed by atoms with Gasteiger partial charge >= 0.3 is 0 Å². The highest BCUT2D eigenvalue weighted by molar-refractivity contribution is 5.51. The summed E-state index contributed by atoms with van der Waals surface area (Å²) in [6.07, 6.45) is 2.88. The maximum Gasteiger partial charge on any atom is 0.0772 e. The van der Waals surface area contributed by atoms with Crippen LogP contribution in [0.1, 0.15) is 32.9 Å². The van der Waals surface area contributed by atoms with E-state index in [1.165, 1.54) is 0 Å². The summed E-state index contributed by atoms with van der Waals surface area (Å²) in [5, 5.41) is 0. The van der Waals surface area contributed by atoms with E-state index in [9.17, 15) is 0 Å². The Morgan fingerprint density at radius 1 is 1.47 bits per heavy atom. The topological polar surface area (TPSA) is 42.2 Å². The van der Waals surface area contributed by atoms with Gasteiger partial charge in [0.05, 0.1) is 11.4 Å². The van der Waals surface area contributed by atoms with E-state index in [1.54, 1.807) is 6.20 Å². The molecule has 1 aromatic heterocycles. The second-order valence-electron chi connectivity index (χ2n) is 4.40. The van der Waals surface area contributed by atoms with Crippen LogP contribution in [0, 0.1) is 0 Å². The van der Waals surface area contributed by atoms with Gasteiger partial charge in [-0.25, -0.2) is 0 Å². The molecule has 0 unspecified atom stereocenters. The van der Waals surface area contributed by atoms with E-state index in [4.69, 9.17) is 5.73 Å². The number of nitrogens with two attached hydrogens (primary N) is 1. The van der Waals surface area contributed by atoms with Crippen LogP contribution < -0.4 is 10.6 Å². The number of nitrogens with zero attached hydrogens (tertiary/aromatic N) is 2. The van der Waals surface area contributed by atoms with E-state index < -0.39 is 0 Å². The molecule has 0 aromatic carbocycles. The molecular formula is C12H21N3. The minimum atomic E-state index is 0.132. The predicted molar refractivity (Wildman–Crippen MR) is 64.9 cm³/mol. The molecular weight excluding hydrogens is 186 g/mol. The van der Waals surface area contributed by atoms with Crippen molar-refractivity contribution in [3.05, 3.63) is 24.0 Å². The summed E-state index contributed by atoms with van der Waals surface area (Å²) in [6, 6.07) is 4.03. The first-order valence-corrected chi connectivity index (χ1v) is 5.40. The summed E-state index contributed by atoms with van der Waals surface area (Å²) in [7, 11) is 2.10. The SMILES string of the molecule is CCC(C)(C)N(C)c1cccnc1CN. The van der Waals surface area contributed by atoms with Crippen LogP contribution in [0.25, 0.3) is 0 Å². The van der Waals surface area contributed by atoms with Crippen molar-refractivity contribution in [3.63, 3.8) is 0 Å². The number of aromatic nitrogens is 1. The van der Waals surface area contributed by atoms with Crippen LogP contribution in [-0.4, -0.2) is 17.6 Å². The molecule has 0 bridgehead atoms. The van der Waals surface area contributed by atoms with Gasteiger partial charge in [-0.1, -0.05) is 6.92 Å². The highest BCUT2D eigenvalue weighted by Gasteiger charge is 2.23. The number of pyridine rings is 1. The fourth-order valence-electron chi connectivity index (χ4n) is 1.46. The Bertz CT molecular complexity index is 320. The lowest BCUT2D eigenvalue weighted by atomic mass is 9.99. The average molecular weight is 207 g/mol. The zero-order chi connectivity index (χ0) is 11.5. The predicted octanol–water partition coefficient (Wildman–Crippen LogP) is 2.17. The molecule has 0 saturated carbocycles. The highest BCUT2D eigenvalue weighted by atomic mass is 15.2. The molecule has 15 heavy (non-hydrogen) atoms. The zero-order valence-corrected chi connectivity index (χ0v) is 10.1.